The first kappa shape index (κ1) is 14.8. The third kappa shape index (κ3) is 5.75. The predicted molar refractivity (Wildman–Crippen MR) is 62.8 cm³/mol. The molecule has 0 unspecified atom stereocenters. The Labute approximate surface area is 110 Å². The summed E-state index contributed by atoms with van der Waals surface area (Å²) >= 11 is 0. The first-order chi connectivity index (χ1) is 8.99. The number of ether oxygens (including phenoxy) is 3. The number of hydrogen-bond donors (Lipinski definition) is 2. The number of imide groups is 1. The van der Waals surface area contributed by atoms with Gasteiger partial charge in [-0.15, -0.1) is 0 Å². The number of nitrogens with one attached hydrogen (secondary N) is 2. The number of hydrogen-bond acceptors (Lipinski definition) is 6. The van der Waals surface area contributed by atoms with Gasteiger partial charge in [-0.05, 0) is 13.8 Å². The first-order valence-electron chi connectivity index (χ1n) is 5.71. The van der Waals surface area contributed by atoms with E-state index in [4.69, 9.17) is 9.47 Å². The largest absolute Gasteiger partial charge is 0.493 e. The second-order valence-corrected chi connectivity index (χ2v) is 3.95. The van der Waals surface area contributed by atoms with Crippen LogP contribution < -0.4 is 10.6 Å². The van der Waals surface area contributed by atoms with Crippen molar-refractivity contribution in [2.45, 2.75) is 19.9 Å². The average molecular weight is 272 g/mol. The van der Waals surface area contributed by atoms with E-state index in [1.54, 1.807) is 13.8 Å². The third-order valence-electron chi connectivity index (χ3n) is 1.86. The van der Waals surface area contributed by atoms with Gasteiger partial charge in [0.1, 0.15) is 19.5 Å². The van der Waals surface area contributed by atoms with Gasteiger partial charge in [0.25, 0.3) is 5.91 Å². The number of amides is 3. The molecule has 19 heavy (non-hydrogen) atoms. The van der Waals surface area contributed by atoms with Crippen LogP contribution in [0.25, 0.3) is 0 Å². The minimum atomic E-state index is -0.820. The van der Waals surface area contributed by atoms with Gasteiger partial charge in [-0.2, -0.15) is 0 Å². The Morgan fingerprint density at radius 2 is 2.11 bits per heavy atom. The smallest absolute Gasteiger partial charge is 0.377 e. The fraction of sp³-hybridized carbons (Fsp3) is 0.545. The van der Waals surface area contributed by atoms with Crippen LogP contribution in [0.5, 0.6) is 0 Å². The van der Waals surface area contributed by atoms with Gasteiger partial charge in [-0.1, -0.05) is 0 Å². The highest BCUT2D eigenvalue weighted by molar-refractivity contribution is 5.96. The molecular formula is C11H16N2O6. The lowest BCUT2D eigenvalue weighted by atomic mass is 10.4. The highest BCUT2D eigenvalue weighted by Gasteiger charge is 2.18. The topological polar surface area (TPSA) is 103 Å². The number of carbonyl (C=O) groups is 3. The maximum atomic E-state index is 11.4. The fourth-order valence-electron chi connectivity index (χ4n) is 1.14. The molecule has 0 radical (unpaired) electrons. The summed E-state index contributed by atoms with van der Waals surface area (Å²) in [6, 6.07) is -0.749. The summed E-state index contributed by atoms with van der Waals surface area (Å²) in [5, 5.41) is 4.47. The van der Waals surface area contributed by atoms with Crippen molar-refractivity contribution >= 4 is 17.9 Å². The van der Waals surface area contributed by atoms with Gasteiger partial charge < -0.3 is 19.5 Å². The van der Waals surface area contributed by atoms with Crippen molar-refractivity contribution in [1.82, 2.24) is 10.6 Å². The molecule has 0 saturated heterocycles. The molecular weight excluding hydrogens is 256 g/mol. The number of carbonyl (C=O) groups excluding carboxylic acids is 3. The van der Waals surface area contributed by atoms with Gasteiger partial charge in [0, 0.05) is 6.04 Å². The van der Waals surface area contributed by atoms with Crippen LogP contribution in [0.4, 0.5) is 4.79 Å². The van der Waals surface area contributed by atoms with E-state index in [0.29, 0.717) is 6.61 Å². The van der Waals surface area contributed by atoms with E-state index < -0.39 is 24.5 Å². The highest BCUT2D eigenvalue weighted by atomic mass is 16.6. The Hall–Kier alpha value is -2.25. The van der Waals surface area contributed by atoms with Gasteiger partial charge >= 0.3 is 12.0 Å². The van der Waals surface area contributed by atoms with Crippen molar-refractivity contribution in [2.75, 3.05) is 19.8 Å². The van der Waals surface area contributed by atoms with Crippen molar-refractivity contribution in [3.63, 3.8) is 0 Å². The van der Waals surface area contributed by atoms with E-state index >= 15 is 0 Å². The average Bonchev–Trinajstić information content (AvgIpc) is 2.36. The summed E-state index contributed by atoms with van der Waals surface area (Å²) in [7, 11) is 0. The Bertz CT molecular complexity index is 391. The SMILES string of the molecule is CC(C)NC(=O)NC(=O)COC(=O)C1=COCCO1. The fourth-order valence-corrected chi connectivity index (χ4v) is 1.14. The molecule has 0 bridgehead atoms. The van der Waals surface area contributed by atoms with Crippen molar-refractivity contribution < 1.29 is 28.6 Å². The molecule has 1 aliphatic rings. The molecule has 0 aromatic rings. The number of rotatable bonds is 4. The summed E-state index contributed by atoms with van der Waals surface area (Å²) in [5.41, 5.74) is 0. The van der Waals surface area contributed by atoms with Gasteiger partial charge in [0.2, 0.25) is 5.76 Å². The lowest BCUT2D eigenvalue weighted by molar-refractivity contribution is -0.149. The second kappa shape index (κ2) is 7.24. The zero-order valence-electron chi connectivity index (χ0n) is 10.7. The number of esters is 1. The van der Waals surface area contributed by atoms with Gasteiger partial charge in [0.15, 0.2) is 6.61 Å². The molecule has 8 heteroatoms. The van der Waals surface area contributed by atoms with E-state index in [1.165, 1.54) is 0 Å². The Morgan fingerprint density at radius 1 is 1.37 bits per heavy atom. The van der Waals surface area contributed by atoms with Crippen LogP contribution in [0.3, 0.4) is 0 Å². The molecule has 0 aromatic carbocycles. The molecule has 8 nitrogen and oxygen atoms in total. The van der Waals surface area contributed by atoms with E-state index in [1.807, 2.05) is 5.32 Å². The van der Waals surface area contributed by atoms with Crippen LogP contribution >= 0.6 is 0 Å². The summed E-state index contributed by atoms with van der Waals surface area (Å²) in [6.07, 6.45) is 1.12. The molecule has 0 aromatic heterocycles. The standard InChI is InChI=1S/C11H16N2O6/c1-7(2)12-11(16)13-9(14)6-19-10(15)8-5-17-3-4-18-8/h5,7H,3-4,6H2,1-2H3,(H2,12,13,14,16). The maximum absolute atomic E-state index is 11.4. The van der Waals surface area contributed by atoms with Crippen molar-refractivity contribution in [3.8, 4) is 0 Å². The first-order valence-corrected chi connectivity index (χ1v) is 5.71. The molecule has 1 rings (SSSR count). The quantitative estimate of drug-likeness (QED) is 0.678. The van der Waals surface area contributed by atoms with E-state index in [2.05, 4.69) is 10.1 Å². The minimum absolute atomic E-state index is 0.103. The highest BCUT2D eigenvalue weighted by Crippen LogP contribution is 2.05. The lowest BCUT2D eigenvalue weighted by Crippen LogP contribution is -2.44. The molecule has 3 amide bonds. The van der Waals surface area contributed by atoms with Crippen molar-refractivity contribution in [1.29, 1.82) is 0 Å². The molecule has 0 aliphatic carbocycles. The van der Waals surface area contributed by atoms with Crippen LogP contribution in [0, 0.1) is 0 Å². The Balaban J connectivity index is 2.28. The van der Waals surface area contributed by atoms with E-state index in [-0.39, 0.29) is 18.4 Å². The van der Waals surface area contributed by atoms with Crippen LogP contribution in [-0.4, -0.2) is 43.8 Å². The van der Waals surface area contributed by atoms with Crippen LogP contribution in [-0.2, 0) is 23.8 Å². The zero-order chi connectivity index (χ0) is 14.3. The maximum Gasteiger partial charge on any atom is 0.377 e. The van der Waals surface area contributed by atoms with Crippen LogP contribution in [0.1, 0.15) is 13.8 Å². The molecule has 1 aliphatic heterocycles. The molecule has 106 valence electrons. The summed E-state index contributed by atoms with van der Waals surface area (Å²) in [4.78, 5) is 33.8. The second-order valence-electron chi connectivity index (χ2n) is 3.95. The summed E-state index contributed by atoms with van der Waals surface area (Å²) in [6.45, 7) is 3.51. The van der Waals surface area contributed by atoms with Crippen molar-refractivity contribution in [2.24, 2.45) is 0 Å². The van der Waals surface area contributed by atoms with Crippen LogP contribution in [0.2, 0.25) is 0 Å². The normalized spacial score (nSPS) is 13.7. The summed E-state index contributed by atoms with van der Waals surface area (Å²) < 4.78 is 14.5. The molecule has 0 spiro atoms. The monoisotopic (exact) mass is 272 g/mol. The van der Waals surface area contributed by atoms with Gasteiger partial charge in [0.05, 0.1) is 0 Å². The Kier molecular flexibility index (Phi) is 5.65. The minimum Gasteiger partial charge on any atom is -0.493 e. The number of urea groups is 1. The van der Waals surface area contributed by atoms with Crippen LogP contribution in [0.15, 0.2) is 12.0 Å². The molecule has 0 saturated carbocycles. The molecule has 0 fully saturated rings. The van der Waals surface area contributed by atoms with Gasteiger partial charge in [-0.25, -0.2) is 9.59 Å². The zero-order valence-corrected chi connectivity index (χ0v) is 10.7. The van der Waals surface area contributed by atoms with E-state index in [0.717, 1.165) is 6.26 Å². The predicted octanol–water partition coefficient (Wildman–Crippen LogP) is -0.348. The molecule has 2 N–H and O–H groups in total. The van der Waals surface area contributed by atoms with E-state index in [9.17, 15) is 14.4 Å². The molecule has 1 heterocycles. The molecule has 0 atom stereocenters. The van der Waals surface area contributed by atoms with Crippen molar-refractivity contribution in [3.05, 3.63) is 12.0 Å². The third-order valence-corrected chi connectivity index (χ3v) is 1.86. The Morgan fingerprint density at radius 3 is 2.68 bits per heavy atom. The lowest BCUT2D eigenvalue weighted by Gasteiger charge is -2.14. The summed E-state index contributed by atoms with van der Waals surface area (Å²) in [5.74, 6) is -1.66. The van der Waals surface area contributed by atoms with Gasteiger partial charge in [-0.3, -0.25) is 10.1 Å².